The van der Waals surface area contributed by atoms with Crippen LogP contribution in [0.3, 0.4) is 0 Å². The molecule has 0 saturated carbocycles. The molecule has 1 aromatic heterocycles. The molecule has 0 saturated heterocycles. The molecule has 27 heavy (non-hydrogen) atoms. The van der Waals surface area contributed by atoms with Crippen LogP contribution in [0.25, 0.3) is 11.3 Å². The first-order chi connectivity index (χ1) is 13.2. The normalized spacial score (nSPS) is 13.6. The van der Waals surface area contributed by atoms with Gasteiger partial charge >= 0.3 is 5.91 Å². The number of fused-ring (bicyclic) bond motifs is 1. The summed E-state index contributed by atoms with van der Waals surface area (Å²) in [6.45, 7) is 1.62. The summed E-state index contributed by atoms with van der Waals surface area (Å²) in [7, 11) is 0. The molecule has 0 unspecified atom stereocenters. The van der Waals surface area contributed by atoms with E-state index in [1.807, 2.05) is 36.4 Å². The average Bonchev–Trinajstić information content (AvgIpc) is 2.96. The van der Waals surface area contributed by atoms with Gasteiger partial charge in [0.2, 0.25) is 5.82 Å². The maximum Gasteiger partial charge on any atom is 0.303 e. The molecule has 2 heterocycles. The number of aryl methyl sites for hydroxylation is 1. The number of carbonyl (C=O) groups excluding carboxylic acids is 1. The van der Waals surface area contributed by atoms with Crippen LogP contribution in [0.5, 0.6) is 0 Å². The molecule has 3 N–H and O–H groups in total. The first-order valence-electron chi connectivity index (χ1n) is 9.02. The SMILES string of the molecule is NNC(=O)c1nc(-c2ccccc2)cc(N2CCCc3ccccc3C2)n1. The second kappa shape index (κ2) is 7.55. The standard InChI is InChI=1S/C21H21N5O/c22-25-21(27)20-23-18(16-8-2-1-3-9-16)13-19(24-20)26-12-6-11-15-7-4-5-10-17(15)14-26/h1-5,7-10,13H,6,11-12,14,22H2,(H,25,27). The number of carbonyl (C=O) groups is 1. The van der Waals surface area contributed by atoms with Crippen molar-refractivity contribution in [3.8, 4) is 11.3 Å². The van der Waals surface area contributed by atoms with Gasteiger partial charge in [0.15, 0.2) is 0 Å². The van der Waals surface area contributed by atoms with Crippen molar-refractivity contribution in [1.29, 1.82) is 0 Å². The van der Waals surface area contributed by atoms with Crippen molar-refractivity contribution < 1.29 is 4.79 Å². The Labute approximate surface area is 158 Å². The van der Waals surface area contributed by atoms with Gasteiger partial charge in [-0.15, -0.1) is 0 Å². The summed E-state index contributed by atoms with van der Waals surface area (Å²) < 4.78 is 0. The van der Waals surface area contributed by atoms with Crippen LogP contribution in [0, 0.1) is 0 Å². The lowest BCUT2D eigenvalue weighted by molar-refractivity contribution is 0.0943. The predicted molar refractivity (Wildman–Crippen MR) is 105 cm³/mol. The fourth-order valence-corrected chi connectivity index (χ4v) is 3.42. The Morgan fingerprint density at radius 1 is 1.00 bits per heavy atom. The highest BCUT2D eigenvalue weighted by molar-refractivity contribution is 5.91. The summed E-state index contributed by atoms with van der Waals surface area (Å²) in [4.78, 5) is 23.2. The van der Waals surface area contributed by atoms with Gasteiger partial charge in [0.05, 0.1) is 5.69 Å². The molecule has 0 radical (unpaired) electrons. The second-order valence-corrected chi connectivity index (χ2v) is 6.57. The highest BCUT2D eigenvalue weighted by Crippen LogP contribution is 2.26. The number of hydrogen-bond donors (Lipinski definition) is 2. The minimum absolute atomic E-state index is 0.0754. The Morgan fingerprint density at radius 2 is 1.74 bits per heavy atom. The van der Waals surface area contributed by atoms with Crippen LogP contribution in [0.4, 0.5) is 5.82 Å². The highest BCUT2D eigenvalue weighted by atomic mass is 16.2. The average molecular weight is 359 g/mol. The zero-order valence-electron chi connectivity index (χ0n) is 14.9. The Bertz CT molecular complexity index is 958. The van der Waals surface area contributed by atoms with Crippen molar-refractivity contribution in [2.24, 2.45) is 5.84 Å². The Kier molecular flexibility index (Phi) is 4.80. The molecule has 136 valence electrons. The summed E-state index contributed by atoms with van der Waals surface area (Å²) in [6.07, 6.45) is 2.07. The molecule has 1 aliphatic heterocycles. The summed E-state index contributed by atoms with van der Waals surface area (Å²) in [6, 6.07) is 20.2. The molecule has 0 atom stereocenters. The van der Waals surface area contributed by atoms with E-state index in [1.165, 1.54) is 11.1 Å². The van der Waals surface area contributed by atoms with Crippen molar-refractivity contribution >= 4 is 11.7 Å². The number of hydrazine groups is 1. The smallest absolute Gasteiger partial charge is 0.303 e. The minimum atomic E-state index is -0.496. The molecule has 0 fully saturated rings. The number of nitrogens with one attached hydrogen (secondary N) is 1. The molecule has 6 nitrogen and oxygen atoms in total. The van der Waals surface area contributed by atoms with Crippen molar-refractivity contribution in [1.82, 2.24) is 15.4 Å². The molecule has 0 bridgehead atoms. The topological polar surface area (TPSA) is 84.1 Å². The van der Waals surface area contributed by atoms with Gasteiger partial charge in [-0.05, 0) is 24.0 Å². The molecule has 4 rings (SSSR count). The monoisotopic (exact) mass is 359 g/mol. The van der Waals surface area contributed by atoms with E-state index >= 15 is 0 Å². The van der Waals surface area contributed by atoms with Gasteiger partial charge in [0, 0.05) is 24.7 Å². The molecule has 2 aromatic carbocycles. The van der Waals surface area contributed by atoms with E-state index in [1.54, 1.807) is 0 Å². The van der Waals surface area contributed by atoms with Gasteiger partial charge in [-0.25, -0.2) is 15.8 Å². The van der Waals surface area contributed by atoms with Gasteiger partial charge in [-0.3, -0.25) is 10.2 Å². The number of rotatable bonds is 3. The van der Waals surface area contributed by atoms with Crippen LogP contribution in [-0.2, 0) is 13.0 Å². The Morgan fingerprint density at radius 3 is 2.52 bits per heavy atom. The maximum atomic E-state index is 12.1. The van der Waals surface area contributed by atoms with Crippen molar-refractivity contribution in [3.63, 3.8) is 0 Å². The van der Waals surface area contributed by atoms with E-state index in [4.69, 9.17) is 5.84 Å². The number of nitrogen functional groups attached to an aromatic ring is 1. The number of hydrogen-bond acceptors (Lipinski definition) is 5. The number of amides is 1. The summed E-state index contributed by atoms with van der Waals surface area (Å²) in [5.74, 6) is 5.63. The van der Waals surface area contributed by atoms with Crippen LogP contribution in [-0.4, -0.2) is 22.4 Å². The third-order valence-electron chi connectivity index (χ3n) is 4.79. The summed E-state index contributed by atoms with van der Waals surface area (Å²) >= 11 is 0. The molecular weight excluding hydrogens is 338 g/mol. The largest absolute Gasteiger partial charge is 0.352 e. The van der Waals surface area contributed by atoms with E-state index in [9.17, 15) is 4.79 Å². The quantitative estimate of drug-likeness (QED) is 0.427. The molecule has 1 aliphatic rings. The van der Waals surface area contributed by atoms with Crippen molar-refractivity contribution in [3.05, 3.63) is 77.6 Å². The number of anilines is 1. The van der Waals surface area contributed by atoms with Crippen LogP contribution >= 0.6 is 0 Å². The van der Waals surface area contributed by atoms with Gasteiger partial charge in [-0.1, -0.05) is 54.6 Å². The third kappa shape index (κ3) is 3.66. The second-order valence-electron chi connectivity index (χ2n) is 6.57. The number of aromatic nitrogens is 2. The Balaban J connectivity index is 1.76. The Hall–Kier alpha value is -3.25. The van der Waals surface area contributed by atoms with Gasteiger partial charge in [0.25, 0.3) is 0 Å². The first kappa shape index (κ1) is 17.2. The van der Waals surface area contributed by atoms with E-state index in [0.29, 0.717) is 5.69 Å². The number of nitrogens with two attached hydrogens (primary N) is 1. The fourth-order valence-electron chi connectivity index (χ4n) is 3.42. The minimum Gasteiger partial charge on any atom is -0.352 e. The van der Waals surface area contributed by atoms with Crippen LogP contribution < -0.4 is 16.2 Å². The molecule has 6 heteroatoms. The fraction of sp³-hybridized carbons (Fsp3) is 0.190. The third-order valence-corrected chi connectivity index (χ3v) is 4.79. The van der Waals surface area contributed by atoms with Gasteiger partial charge in [-0.2, -0.15) is 0 Å². The van der Waals surface area contributed by atoms with E-state index in [-0.39, 0.29) is 5.82 Å². The van der Waals surface area contributed by atoms with Crippen LogP contribution in [0.2, 0.25) is 0 Å². The zero-order chi connectivity index (χ0) is 18.6. The van der Waals surface area contributed by atoms with Crippen molar-refractivity contribution in [2.45, 2.75) is 19.4 Å². The molecule has 3 aromatic rings. The molecule has 1 amide bonds. The zero-order valence-corrected chi connectivity index (χ0v) is 14.9. The molecule has 0 aliphatic carbocycles. The highest BCUT2D eigenvalue weighted by Gasteiger charge is 2.19. The predicted octanol–water partition coefficient (Wildman–Crippen LogP) is 2.70. The van der Waals surface area contributed by atoms with Crippen LogP contribution in [0.1, 0.15) is 28.2 Å². The first-order valence-corrected chi connectivity index (χ1v) is 9.02. The number of benzene rings is 2. The maximum absolute atomic E-state index is 12.1. The van der Waals surface area contributed by atoms with E-state index < -0.39 is 5.91 Å². The number of nitrogens with zero attached hydrogens (tertiary/aromatic N) is 3. The molecular formula is C21H21N5O. The van der Waals surface area contributed by atoms with Gasteiger partial charge in [0.1, 0.15) is 5.82 Å². The van der Waals surface area contributed by atoms with Crippen molar-refractivity contribution in [2.75, 3.05) is 11.4 Å². The molecule has 0 spiro atoms. The lowest BCUT2D eigenvalue weighted by Gasteiger charge is -2.23. The lowest BCUT2D eigenvalue weighted by Crippen LogP contribution is -2.32. The lowest BCUT2D eigenvalue weighted by atomic mass is 10.0. The van der Waals surface area contributed by atoms with E-state index in [0.717, 1.165) is 37.3 Å². The van der Waals surface area contributed by atoms with Gasteiger partial charge < -0.3 is 4.90 Å². The van der Waals surface area contributed by atoms with E-state index in [2.05, 4.69) is 44.6 Å². The summed E-state index contributed by atoms with van der Waals surface area (Å²) in [5.41, 5.74) is 6.44. The van der Waals surface area contributed by atoms with Crippen LogP contribution in [0.15, 0.2) is 60.7 Å². The summed E-state index contributed by atoms with van der Waals surface area (Å²) in [5, 5.41) is 0.